The highest BCUT2D eigenvalue weighted by atomic mass is 79.9. The second-order valence-electron chi connectivity index (χ2n) is 11.4. The van der Waals surface area contributed by atoms with Gasteiger partial charge in [-0.25, -0.2) is 0 Å². The minimum absolute atomic E-state index is 0.0471. The van der Waals surface area contributed by atoms with Crippen LogP contribution in [0, 0.1) is 34.0 Å². The smallest absolute Gasteiger partial charge is 0.213 e. The number of hydrogen-bond donors (Lipinski definition) is 1. The molecule has 30 heavy (non-hydrogen) atoms. The third-order valence-electron chi connectivity index (χ3n) is 9.33. The Hall–Kier alpha value is -0.600. The first-order valence-corrected chi connectivity index (χ1v) is 11.9. The third kappa shape index (κ3) is 1.75. The fourth-order valence-electron chi connectivity index (χ4n) is 8.71. The molecule has 1 unspecified atom stereocenters. The Bertz CT molecular complexity index is 911. The molecule has 0 amide bonds. The highest BCUT2D eigenvalue weighted by Crippen LogP contribution is 2.78. The number of Topliss-reactive ketones (excluding diaryl/α,β-unsaturated/α-hetero) is 2. The Morgan fingerprint density at radius 2 is 1.87 bits per heavy atom. The molecule has 9 atom stereocenters. The lowest BCUT2D eigenvalue weighted by Crippen LogP contribution is -2.88. The number of aliphatic hydroxyl groups excluding tert-OH is 1. The summed E-state index contributed by atoms with van der Waals surface area (Å²) < 4.78 is 19.3. The Balaban J connectivity index is 1.69. The van der Waals surface area contributed by atoms with Gasteiger partial charge in [0.05, 0.1) is 23.0 Å². The van der Waals surface area contributed by atoms with Crippen LogP contribution < -0.4 is 0 Å². The van der Waals surface area contributed by atoms with Crippen LogP contribution in [0.3, 0.4) is 0 Å². The van der Waals surface area contributed by atoms with Crippen molar-refractivity contribution in [3.8, 4) is 0 Å². The van der Waals surface area contributed by atoms with Crippen molar-refractivity contribution in [3.63, 3.8) is 0 Å². The summed E-state index contributed by atoms with van der Waals surface area (Å²) in [5.74, 6) is -3.45. The average molecular weight is 481 g/mol. The largest absolute Gasteiger partial charge is 0.387 e. The summed E-state index contributed by atoms with van der Waals surface area (Å²) in [6.45, 7) is 12.1. The zero-order chi connectivity index (χ0) is 21.6. The van der Waals surface area contributed by atoms with Gasteiger partial charge in [0.15, 0.2) is 17.4 Å². The molecule has 1 N–H and O–H groups in total. The topological polar surface area (TPSA) is 82.1 Å². The summed E-state index contributed by atoms with van der Waals surface area (Å²) in [5.41, 5.74) is -1.99. The van der Waals surface area contributed by atoms with Crippen molar-refractivity contribution >= 4 is 27.5 Å². The molecule has 0 radical (unpaired) electrons. The number of ketones is 2. The van der Waals surface area contributed by atoms with Crippen molar-refractivity contribution in [2.24, 2.45) is 34.0 Å². The third-order valence-corrected chi connectivity index (χ3v) is 10.1. The van der Waals surface area contributed by atoms with Crippen molar-refractivity contribution in [1.82, 2.24) is 0 Å². The molecule has 4 bridgehead atoms. The number of hydrogen-bond acceptors (Lipinski definition) is 6. The van der Waals surface area contributed by atoms with E-state index in [-0.39, 0.29) is 46.2 Å². The summed E-state index contributed by atoms with van der Waals surface area (Å²) in [6, 6.07) is 0. The van der Waals surface area contributed by atoms with Crippen molar-refractivity contribution in [2.75, 3.05) is 6.61 Å². The Kier molecular flexibility index (Phi) is 3.54. The van der Waals surface area contributed by atoms with E-state index in [0.29, 0.717) is 18.4 Å². The number of rotatable bonds is 0. The van der Waals surface area contributed by atoms with Crippen LogP contribution in [0.15, 0.2) is 12.2 Å². The Morgan fingerprint density at radius 3 is 2.57 bits per heavy atom. The van der Waals surface area contributed by atoms with Crippen molar-refractivity contribution < 1.29 is 28.9 Å². The van der Waals surface area contributed by atoms with E-state index in [4.69, 9.17) is 14.2 Å². The predicted octanol–water partition coefficient (Wildman–Crippen LogP) is 2.76. The second kappa shape index (κ2) is 5.30. The minimum Gasteiger partial charge on any atom is -0.387 e. The van der Waals surface area contributed by atoms with E-state index in [1.807, 2.05) is 13.8 Å². The monoisotopic (exact) mass is 480 g/mol. The number of carbonyl (C=O) groups excluding carboxylic acids is 2. The van der Waals surface area contributed by atoms with Gasteiger partial charge in [0.25, 0.3) is 0 Å². The van der Waals surface area contributed by atoms with Crippen LogP contribution in [-0.4, -0.2) is 51.9 Å². The molecule has 3 aliphatic heterocycles. The van der Waals surface area contributed by atoms with E-state index in [1.54, 1.807) is 0 Å². The van der Waals surface area contributed by atoms with Gasteiger partial charge in [0, 0.05) is 11.8 Å². The number of ether oxygens (including phenoxy) is 3. The molecule has 0 aromatic carbocycles. The zero-order valence-electron chi connectivity index (χ0n) is 17.9. The van der Waals surface area contributed by atoms with Gasteiger partial charge in [-0.2, -0.15) is 0 Å². The number of carbonyl (C=O) groups is 2. The van der Waals surface area contributed by atoms with Gasteiger partial charge >= 0.3 is 0 Å². The first-order chi connectivity index (χ1) is 13.9. The SMILES string of the molecule is C=C1C(=O)[C@@]23[C@@H]4OC(C)(C)O[C@@]25OC[C@]2(C(=O)C(Br)CC(C)(C)[C@H]2[C@@H]5O)[C@@H]3CC[C@@H]14. The number of halogens is 1. The highest BCUT2D eigenvalue weighted by molar-refractivity contribution is 9.10. The normalized spacial score (nSPS) is 57.2. The molecule has 4 saturated carbocycles. The van der Waals surface area contributed by atoms with E-state index < -0.39 is 34.6 Å². The van der Waals surface area contributed by atoms with Crippen molar-refractivity contribution in [2.45, 2.75) is 75.6 Å². The molecule has 7 fully saturated rings. The van der Waals surface area contributed by atoms with Gasteiger partial charge < -0.3 is 19.3 Å². The van der Waals surface area contributed by atoms with E-state index in [0.717, 1.165) is 6.42 Å². The average Bonchev–Trinajstić information content (AvgIpc) is 2.76. The molecule has 0 aromatic heterocycles. The van der Waals surface area contributed by atoms with Gasteiger partial charge in [0.2, 0.25) is 5.79 Å². The number of alkyl halides is 1. The van der Waals surface area contributed by atoms with Crippen LogP contribution in [-0.2, 0) is 23.8 Å². The maximum atomic E-state index is 13.9. The standard InChI is InChI=1S/C23H29BrO6/c1-10-11-6-7-13-21-9-28-23(17(27)14(21)19(2,3)8-12(24)16(21)26)22(13,15(10)25)18(11)29-20(4,5)30-23/h11-14,17-18,27H,1,6-9H2,2-5H3/t11-,12?,13-,14+,17-,18+,21-,22-,23+/m0/s1. The molecule has 6 nitrogen and oxygen atoms in total. The summed E-state index contributed by atoms with van der Waals surface area (Å²) >= 11 is 3.62. The summed E-state index contributed by atoms with van der Waals surface area (Å²) in [7, 11) is 0. The predicted molar refractivity (Wildman–Crippen MR) is 110 cm³/mol. The summed E-state index contributed by atoms with van der Waals surface area (Å²) in [4.78, 5) is 27.5. The molecule has 7 aliphatic rings. The van der Waals surface area contributed by atoms with Gasteiger partial charge in [-0.1, -0.05) is 36.4 Å². The Labute approximate surface area is 184 Å². The van der Waals surface area contributed by atoms with E-state index in [2.05, 4.69) is 36.4 Å². The van der Waals surface area contributed by atoms with Crippen molar-refractivity contribution in [1.29, 1.82) is 0 Å². The van der Waals surface area contributed by atoms with Crippen molar-refractivity contribution in [3.05, 3.63) is 12.2 Å². The lowest BCUT2D eigenvalue weighted by Gasteiger charge is -2.76. The van der Waals surface area contributed by atoms with Crippen LogP contribution in [0.2, 0.25) is 0 Å². The van der Waals surface area contributed by atoms with E-state index in [9.17, 15) is 14.7 Å². The molecule has 3 saturated heterocycles. The first-order valence-electron chi connectivity index (χ1n) is 11.0. The fourth-order valence-corrected chi connectivity index (χ4v) is 9.97. The van der Waals surface area contributed by atoms with Crippen LogP contribution in [0.25, 0.3) is 0 Å². The lowest BCUT2D eigenvalue weighted by atomic mass is 9.35. The van der Waals surface area contributed by atoms with Crippen LogP contribution in [0.1, 0.15) is 47.0 Å². The molecule has 4 aliphatic carbocycles. The lowest BCUT2D eigenvalue weighted by molar-refractivity contribution is -0.523. The number of aliphatic hydroxyl groups is 1. The van der Waals surface area contributed by atoms with Gasteiger partial charge in [-0.15, -0.1) is 0 Å². The molecule has 7 rings (SSSR count). The van der Waals surface area contributed by atoms with Crippen LogP contribution >= 0.6 is 15.9 Å². The van der Waals surface area contributed by atoms with Crippen LogP contribution in [0.5, 0.6) is 0 Å². The minimum atomic E-state index is -1.53. The van der Waals surface area contributed by atoms with Gasteiger partial charge in [-0.05, 0) is 50.0 Å². The fraction of sp³-hybridized carbons (Fsp3) is 0.826. The Morgan fingerprint density at radius 1 is 1.17 bits per heavy atom. The van der Waals surface area contributed by atoms with E-state index >= 15 is 0 Å². The zero-order valence-corrected chi connectivity index (χ0v) is 19.5. The van der Waals surface area contributed by atoms with Crippen LogP contribution in [0.4, 0.5) is 0 Å². The van der Waals surface area contributed by atoms with Gasteiger partial charge in [0.1, 0.15) is 11.5 Å². The first kappa shape index (κ1) is 20.0. The maximum absolute atomic E-state index is 13.9. The molecular formula is C23H29BrO6. The molecule has 3 heterocycles. The summed E-state index contributed by atoms with van der Waals surface area (Å²) in [6.07, 6.45) is 0.464. The maximum Gasteiger partial charge on any atom is 0.213 e. The molecule has 7 heteroatoms. The highest BCUT2D eigenvalue weighted by Gasteiger charge is 2.90. The molecule has 0 aromatic rings. The summed E-state index contributed by atoms with van der Waals surface area (Å²) in [5, 5.41) is 12.0. The number of fused-ring (bicyclic) bond motifs is 1. The van der Waals surface area contributed by atoms with E-state index in [1.165, 1.54) is 0 Å². The molecule has 164 valence electrons. The quantitative estimate of drug-likeness (QED) is 0.424. The van der Waals surface area contributed by atoms with Gasteiger partial charge in [-0.3, -0.25) is 9.59 Å². The molecule has 3 spiro atoms. The molecular weight excluding hydrogens is 452 g/mol. The second-order valence-corrected chi connectivity index (χ2v) is 12.5.